The summed E-state index contributed by atoms with van der Waals surface area (Å²) in [6.45, 7) is 1.93. The molecule has 2 rings (SSSR count). The van der Waals surface area contributed by atoms with Gasteiger partial charge in [0.15, 0.2) is 5.82 Å². The lowest BCUT2D eigenvalue weighted by Crippen LogP contribution is -1.97. The molecular weight excluding hydrogens is 174 g/mol. The molecular formula is C11H11N3. The summed E-state index contributed by atoms with van der Waals surface area (Å²) in [6, 6.07) is 9.93. The van der Waals surface area contributed by atoms with Gasteiger partial charge >= 0.3 is 0 Å². The zero-order chi connectivity index (χ0) is 9.80. The van der Waals surface area contributed by atoms with E-state index in [0.717, 1.165) is 17.2 Å². The number of aromatic nitrogens is 2. The number of para-hydroxylation sites is 1. The molecule has 1 heterocycles. The molecule has 0 atom stereocenters. The van der Waals surface area contributed by atoms with Gasteiger partial charge < -0.3 is 5.32 Å². The minimum Gasteiger partial charge on any atom is -0.339 e. The van der Waals surface area contributed by atoms with E-state index in [9.17, 15) is 0 Å². The summed E-state index contributed by atoms with van der Waals surface area (Å²) in [4.78, 5) is 8.35. The van der Waals surface area contributed by atoms with Crippen LogP contribution in [-0.4, -0.2) is 9.97 Å². The standard InChI is InChI=1S/C11H11N3/c1-9-11(13-8-7-12-9)14-10-5-3-2-4-6-10/h2-8H,1H3,(H,13,14). The lowest BCUT2D eigenvalue weighted by atomic mass is 10.3. The normalized spacial score (nSPS) is 9.79. The fourth-order valence-corrected chi connectivity index (χ4v) is 1.19. The van der Waals surface area contributed by atoms with Crippen molar-refractivity contribution in [3.8, 4) is 0 Å². The van der Waals surface area contributed by atoms with Gasteiger partial charge in [-0.2, -0.15) is 0 Å². The lowest BCUT2D eigenvalue weighted by Gasteiger charge is -2.06. The molecule has 0 aliphatic rings. The first-order valence-electron chi connectivity index (χ1n) is 4.46. The Kier molecular flexibility index (Phi) is 2.40. The van der Waals surface area contributed by atoms with Crippen molar-refractivity contribution in [3.05, 3.63) is 48.4 Å². The fourth-order valence-electron chi connectivity index (χ4n) is 1.19. The molecule has 0 radical (unpaired) electrons. The highest BCUT2D eigenvalue weighted by molar-refractivity contribution is 5.57. The molecule has 1 N–H and O–H groups in total. The van der Waals surface area contributed by atoms with Crippen LogP contribution in [-0.2, 0) is 0 Å². The molecule has 0 amide bonds. The quantitative estimate of drug-likeness (QED) is 0.781. The Labute approximate surface area is 82.8 Å². The van der Waals surface area contributed by atoms with E-state index in [0.29, 0.717) is 0 Å². The molecule has 1 aromatic carbocycles. The Morgan fingerprint density at radius 2 is 1.71 bits per heavy atom. The van der Waals surface area contributed by atoms with Gasteiger partial charge in [0.05, 0.1) is 5.69 Å². The van der Waals surface area contributed by atoms with Gasteiger partial charge in [-0.05, 0) is 19.1 Å². The zero-order valence-corrected chi connectivity index (χ0v) is 7.94. The van der Waals surface area contributed by atoms with Gasteiger partial charge in [0.25, 0.3) is 0 Å². The minimum absolute atomic E-state index is 0.804. The van der Waals surface area contributed by atoms with Crippen LogP contribution < -0.4 is 5.32 Å². The zero-order valence-electron chi connectivity index (χ0n) is 7.94. The topological polar surface area (TPSA) is 37.8 Å². The summed E-state index contributed by atoms with van der Waals surface area (Å²) in [7, 11) is 0. The first kappa shape index (κ1) is 8.69. The third-order valence-corrected chi connectivity index (χ3v) is 1.92. The lowest BCUT2D eigenvalue weighted by molar-refractivity contribution is 1.12. The predicted octanol–water partition coefficient (Wildman–Crippen LogP) is 2.53. The number of hydrogen-bond acceptors (Lipinski definition) is 3. The van der Waals surface area contributed by atoms with Gasteiger partial charge in [-0.15, -0.1) is 0 Å². The van der Waals surface area contributed by atoms with Crippen molar-refractivity contribution in [3.63, 3.8) is 0 Å². The largest absolute Gasteiger partial charge is 0.339 e. The van der Waals surface area contributed by atoms with E-state index < -0.39 is 0 Å². The second-order valence-corrected chi connectivity index (χ2v) is 2.98. The Bertz CT molecular complexity index is 412. The summed E-state index contributed by atoms with van der Waals surface area (Å²) in [5.41, 5.74) is 1.92. The van der Waals surface area contributed by atoms with Crippen LogP contribution in [0.1, 0.15) is 5.69 Å². The molecule has 3 nitrogen and oxygen atoms in total. The summed E-state index contributed by atoms with van der Waals surface area (Å²) >= 11 is 0. The fraction of sp³-hybridized carbons (Fsp3) is 0.0909. The highest BCUT2D eigenvalue weighted by atomic mass is 15.0. The molecule has 14 heavy (non-hydrogen) atoms. The van der Waals surface area contributed by atoms with E-state index in [-0.39, 0.29) is 0 Å². The van der Waals surface area contributed by atoms with Crippen LogP contribution in [0, 0.1) is 6.92 Å². The monoisotopic (exact) mass is 185 g/mol. The number of benzene rings is 1. The molecule has 0 spiro atoms. The Hall–Kier alpha value is -1.90. The molecule has 0 unspecified atom stereocenters. The van der Waals surface area contributed by atoms with Crippen molar-refractivity contribution >= 4 is 11.5 Å². The number of aryl methyl sites for hydroxylation is 1. The maximum Gasteiger partial charge on any atom is 0.151 e. The summed E-state index contributed by atoms with van der Waals surface area (Å²) in [5, 5.41) is 3.20. The van der Waals surface area contributed by atoms with E-state index in [1.54, 1.807) is 12.4 Å². The maximum atomic E-state index is 4.20. The van der Waals surface area contributed by atoms with Crippen molar-refractivity contribution in [2.45, 2.75) is 6.92 Å². The van der Waals surface area contributed by atoms with Crippen LogP contribution in [0.15, 0.2) is 42.7 Å². The van der Waals surface area contributed by atoms with E-state index in [1.165, 1.54) is 0 Å². The van der Waals surface area contributed by atoms with Crippen molar-refractivity contribution in [1.29, 1.82) is 0 Å². The number of hydrogen-bond donors (Lipinski definition) is 1. The summed E-state index contributed by atoms with van der Waals surface area (Å²) in [6.07, 6.45) is 3.36. The second kappa shape index (κ2) is 3.87. The van der Waals surface area contributed by atoms with Crippen molar-refractivity contribution in [1.82, 2.24) is 9.97 Å². The molecule has 2 aromatic rings. The minimum atomic E-state index is 0.804. The number of rotatable bonds is 2. The molecule has 70 valence electrons. The van der Waals surface area contributed by atoms with Gasteiger partial charge in [-0.1, -0.05) is 18.2 Å². The van der Waals surface area contributed by atoms with E-state index in [4.69, 9.17) is 0 Å². The van der Waals surface area contributed by atoms with Crippen molar-refractivity contribution < 1.29 is 0 Å². The van der Waals surface area contributed by atoms with E-state index >= 15 is 0 Å². The van der Waals surface area contributed by atoms with Gasteiger partial charge in [0.1, 0.15) is 0 Å². The molecule has 0 bridgehead atoms. The van der Waals surface area contributed by atoms with Gasteiger partial charge in [-0.25, -0.2) is 4.98 Å². The second-order valence-electron chi connectivity index (χ2n) is 2.98. The van der Waals surface area contributed by atoms with Crippen LogP contribution >= 0.6 is 0 Å². The number of nitrogens with one attached hydrogen (secondary N) is 1. The van der Waals surface area contributed by atoms with Crippen LogP contribution in [0.5, 0.6) is 0 Å². The molecule has 0 aliphatic carbocycles. The highest BCUT2D eigenvalue weighted by Crippen LogP contribution is 2.14. The molecule has 0 saturated heterocycles. The smallest absolute Gasteiger partial charge is 0.151 e. The molecule has 0 fully saturated rings. The SMILES string of the molecule is Cc1nccnc1Nc1ccccc1. The molecule has 3 heteroatoms. The third kappa shape index (κ3) is 1.88. The molecule has 1 aromatic heterocycles. The van der Waals surface area contributed by atoms with Crippen LogP contribution in [0.3, 0.4) is 0 Å². The highest BCUT2D eigenvalue weighted by Gasteiger charge is 1.98. The Balaban J connectivity index is 2.24. The Morgan fingerprint density at radius 3 is 2.43 bits per heavy atom. The molecule has 0 saturated carbocycles. The van der Waals surface area contributed by atoms with Gasteiger partial charge in [0, 0.05) is 18.1 Å². The first-order valence-corrected chi connectivity index (χ1v) is 4.46. The average Bonchev–Trinajstić information content (AvgIpc) is 2.23. The molecule has 0 aliphatic heterocycles. The van der Waals surface area contributed by atoms with E-state index in [1.807, 2.05) is 37.3 Å². The Morgan fingerprint density at radius 1 is 1.00 bits per heavy atom. The number of nitrogens with zero attached hydrogens (tertiary/aromatic N) is 2. The third-order valence-electron chi connectivity index (χ3n) is 1.92. The van der Waals surface area contributed by atoms with Crippen LogP contribution in [0.2, 0.25) is 0 Å². The average molecular weight is 185 g/mol. The van der Waals surface area contributed by atoms with Crippen LogP contribution in [0.4, 0.5) is 11.5 Å². The number of anilines is 2. The van der Waals surface area contributed by atoms with Crippen molar-refractivity contribution in [2.24, 2.45) is 0 Å². The van der Waals surface area contributed by atoms with Crippen LogP contribution in [0.25, 0.3) is 0 Å². The first-order chi connectivity index (χ1) is 6.86. The van der Waals surface area contributed by atoms with Gasteiger partial charge in [-0.3, -0.25) is 4.98 Å². The summed E-state index contributed by atoms with van der Waals surface area (Å²) in [5.74, 6) is 0.804. The maximum absolute atomic E-state index is 4.20. The van der Waals surface area contributed by atoms with Gasteiger partial charge in [0.2, 0.25) is 0 Å². The summed E-state index contributed by atoms with van der Waals surface area (Å²) < 4.78 is 0. The van der Waals surface area contributed by atoms with Crippen molar-refractivity contribution in [2.75, 3.05) is 5.32 Å². The predicted molar refractivity (Wildman–Crippen MR) is 56.5 cm³/mol. The van der Waals surface area contributed by atoms with E-state index in [2.05, 4.69) is 15.3 Å².